The van der Waals surface area contributed by atoms with Crippen molar-refractivity contribution in [3.05, 3.63) is 70.8 Å². The smallest absolute Gasteiger partial charge is 0.337 e. The van der Waals surface area contributed by atoms with Gasteiger partial charge in [0.25, 0.3) is 11.8 Å². The van der Waals surface area contributed by atoms with E-state index in [0.717, 1.165) is 11.1 Å². The summed E-state index contributed by atoms with van der Waals surface area (Å²) in [5, 5.41) is 12.8. The number of anilines is 1. The van der Waals surface area contributed by atoms with Gasteiger partial charge in [0.15, 0.2) is 6.17 Å². The lowest BCUT2D eigenvalue weighted by Crippen LogP contribution is -2.42. The van der Waals surface area contributed by atoms with Gasteiger partial charge in [0.2, 0.25) is 0 Å². The summed E-state index contributed by atoms with van der Waals surface area (Å²) in [7, 11) is 0. The number of rotatable bonds is 8. The lowest BCUT2D eigenvalue weighted by Gasteiger charge is -2.30. The molecule has 4 N–H and O–H groups in total. The first kappa shape index (κ1) is 24.9. The van der Waals surface area contributed by atoms with E-state index >= 15 is 0 Å². The fourth-order valence-corrected chi connectivity index (χ4v) is 4.92. The molecule has 186 valence electrons. The van der Waals surface area contributed by atoms with Gasteiger partial charge in [-0.3, -0.25) is 19.5 Å². The van der Waals surface area contributed by atoms with Gasteiger partial charge in [-0.05, 0) is 56.3 Å². The number of nitrogens with zero attached hydrogens (tertiary/aromatic N) is 3. The van der Waals surface area contributed by atoms with Gasteiger partial charge >= 0.3 is 5.97 Å². The molecule has 1 aliphatic rings. The third-order valence-electron chi connectivity index (χ3n) is 6.69. The first-order chi connectivity index (χ1) is 17.2. The molecular formula is C27H29N5O4. The molecule has 9 heteroatoms. The maximum absolute atomic E-state index is 13.1. The molecule has 0 bridgehead atoms. The molecular weight excluding hydrogens is 458 g/mol. The molecule has 2 aromatic heterocycles. The standard InChI is InChI=1S/C27H29N5O4/c1-5-31(6-2)26(24(28)33)32-16(4)23(27(35)36)15(3)22(32)13-20-19-10-9-17(12-21(19)30-25(20)34)18-8-7-11-29-14-18/h7-14,26H,5-6H2,1-4H3,(H2,28,33)(H,30,34)(H,35,36). The van der Waals surface area contributed by atoms with E-state index in [1.807, 2.05) is 49.1 Å². The third-order valence-corrected chi connectivity index (χ3v) is 6.69. The molecule has 4 rings (SSSR count). The quantitative estimate of drug-likeness (QED) is 0.416. The fraction of sp³-hybridized carbons (Fsp3) is 0.259. The van der Waals surface area contributed by atoms with Crippen LogP contribution >= 0.6 is 0 Å². The topological polar surface area (TPSA) is 131 Å². The number of primary amides is 1. The number of aromatic nitrogens is 2. The highest BCUT2D eigenvalue weighted by Crippen LogP contribution is 2.38. The number of carbonyl (C=O) groups excluding carboxylic acids is 2. The normalized spacial score (nSPS) is 14.7. The van der Waals surface area contributed by atoms with Crippen LogP contribution in [0.3, 0.4) is 0 Å². The fourth-order valence-electron chi connectivity index (χ4n) is 4.92. The Hall–Kier alpha value is -4.24. The van der Waals surface area contributed by atoms with Gasteiger partial charge in [-0.25, -0.2) is 4.79 Å². The maximum Gasteiger partial charge on any atom is 0.337 e. The minimum Gasteiger partial charge on any atom is -0.478 e. The zero-order chi connectivity index (χ0) is 26.1. The summed E-state index contributed by atoms with van der Waals surface area (Å²) in [4.78, 5) is 43.8. The highest BCUT2D eigenvalue weighted by Gasteiger charge is 2.33. The number of nitrogens with two attached hydrogens (primary N) is 1. The van der Waals surface area contributed by atoms with Gasteiger partial charge in [-0.15, -0.1) is 0 Å². The molecule has 3 aromatic rings. The van der Waals surface area contributed by atoms with Crippen LogP contribution in [0.5, 0.6) is 0 Å². The Morgan fingerprint density at radius 1 is 1.19 bits per heavy atom. The summed E-state index contributed by atoms with van der Waals surface area (Å²) < 4.78 is 1.64. The van der Waals surface area contributed by atoms with E-state index in [1.165, 1.54) is 0 Å². The SMILES string of the molecule is CCN(CC)C(C(N)=O)n1c(C)c(C(=O)O)c(C)c1C=C1C(=O)Nc2cc(-c3cccnc3)ccc21. The molecule has 9 nitrogen and oxygen atoms in total. The predicted molar refractivity (Wildman–Crippen MR) is 138 cm³/mol. The molecule has 0 fully saturated rings. The number of benzene rings is 1. The largest absolute Gasteiger partial charge is 0.478 e. The van der Waals surface area contributed by atoms with Gasteiger partial charge in [-0.1, -0.05) is 32.0 Å². The zero-order valence-corrected chi connectivity index (χ0v) is 20.7. The summed E-state index contributed by atoms with van der Waals surface area (Å²) in [6.07, 6.45) is 4.19. The molecule has 1 unspecified atom stereocenters. The van der Waals surface area contributed by atoms with Crippen molar-refractivity contribution in [2.24, 2.45) is 5.73 Å². The molecule has 1 aromatic carbocycles. The van der Waals surface area contributed by atoms with Crippen molar-refractivity contribution in [2.45, 2.75) is 33.9 Å². The van der Waals surface area contributed by atoms with Crippen molar-refractivity contribution >= 4 is 35.1 Å². The van der Waals surface area contributed by atoms with Crippen LogP contribution in [-0.4, -0.2) is 50.4 Å². The molecule has 0 spiro atoms. The molecule has 1 atom stereocenters. The second-order valence-electron chi connectivity index (χ2n) is 8.66. The van der Waals surface area contributed by atoms with Crippen molar-refractivity contribution < 1.29 is 19.5 Å². The first-order valence-corrected chi connectivity index (χ1v) is 11.7. The number of hydrogen-bond acceptors (Lipinski definition) is 5. The number of carbonyl (C=O) groups is 3. The second kappa shape index (κ2) is 9.79. The van der Waals surface area contributed by atoms with Crippen LogP contribution in [0.4, 0.5) is 5.69 Å². The Morgan fingerprint density at radius 2 is 1.92 bits per heavy atom. The van der Waals surface area contributed by atoms with Gasteiger partial charge in [0.05, 0.1) is 11.1 Å². The summed E-state index contributed by atoms with van der Waals surface area (Å²) in [5.41, 5.74) is 10.8. The zero-order valence-electron chi connectivity index (χ0n) is 20.7. The van der Waals surface area contributed by atoms with E-state index in [-0.39, 0.29) is 11.5 Å². The Bertz CT molecular complexity index is 1390. The number of carboxylic acids is 1. The summed E-state index contributed by atoms with van der Waals surface area (Å²) in [6, 6.07) is 9.42. The Kier molecular flexibility index (Phi) is 6.76. The minimum absolute atomic E-state index is 0.0887. The highest BCUT2D eigenvalue weighted by atomic mass is 16.4. The number of amides is 2. The van der Waals surface area contributed by atoms with Crippen LogP contribution in [0.2, 0.25) is 0 Å². The number of fused-ring (bicyclic) bond motifs is 1. The van der Waals surface area contributed by atoms with Gasteiger partial charge in [0, 0.05) is 40.6 Å². The van der Waals surface area contributed by atoms with E-state index in [1.54, 1.807) is 36.9 Å². The number of carboxylic acid groups (broad SMARTS) is 1. The molecule has 3 heterocycles. The molecule has 1 aliphatic heterocycles. The Labute approximate surface area is 209 Å². The molecule has 0 aliphatic carbocycles. The average molecular weight is 488 g/mol. The number of aromatic carboxylic acids is 1. The molecule has 0 saturated heterocycles. The first-order valence-electron chi connectivity index (χ1n) is 11.7. The highest BCUT2D eigenvalue weighted by molar-refractivity contribution is 6.35. The second-order valence-corrected chi connectivity index (χ2v) is 8.66. The average Bonchev–Trinajstić information content (AvgIpc) is 3.29. The monoisotopic (exact) mass is 487 g/mol. The van der Waals surface area contributed by atoms with Crippen LogP contribution in [0.1, 0.15) is 52.9 Å². The number of nitrogens with one attached hydrogen (secondary N) is 1. The molecule has 0 saturated carbocycles. The van der Waals surface area contributed by atoms with Crippen LogP contribution in [0.25, 0.3) is 22.8 Å². The van der Waals surface area contributed by atoms with Crippen LogP contribution in [0.15, 0.2) is 42.7 Å². The Balaban J connectivity index is 1.91. The Morgan fingerprint density at radius 3 is 2.50 bits per heavy atom. The van der Waals surface area contributed by atoms with Crippen molar-refractivity contribution in [2.75, 3.05) is 18.4 Å². The van der Waals surface area contributed by atoms with E-state index in [0.29, 0.717) is 46.9 Å². The van der Waals surface area contributed by atoms with E-state index in [4.69, 9.17) is 5.73 Å². The van der Waals surface area contributed by atoms with Gasteiger partial charge in [0.1, 0.15) is 0 Å². The third kappa shape index (κ3) is 4.18. The minimum atomic E-state index is -1.11. The van der Waals surface area contributed by atoms with Crippen LogP contribution < -0.4 is 11.1 Å². The molecule has 0 radical (unpaired) electrons. The lowest BCUT2D eigenvalue weighted by atomic mass is 10.00. The maximum atomic E-state index is 13.1. The van der Waals surface area contributed by atoms with Crippen molar-refractivity contribution in [1.29, 1.82) is 0 Å². The summed E-state index contributed by atoms with van der Waals surface area (Å²) in [5.74, 6) is -2.03. The lowest BCUT2D eigenvalue weighted by molar-refractivity contribution is -0.126. The van der Waals surface area contributed by atoms with Gasteiger partial charge < -0.3 is 20.7 Å². The molecule has 2 amide bonds. The summed E-state index contributed by atoms with van der Waals surface area (Å²) in [6.45, 7) is 8.20. The number of pyridine rings is 1. The van der Waals surface area contributed by atoms with Crippen molar-refractivity contribution in [1.82, 2.24) is 14.5 Å². The van der Waals surface area contributed by atoms with E-state index < -0.39 is 18.0 Å². The summed E-state index contributed by atoms with van der Waals surface area (Å²) >= 11 is 0. The van der Waals surface area contributed by atoms with E-state index in [9.17, 15) is 19.5 Å². The predicted octanol–water partition coefficient (Wildman–Crippen LogP) is 3.68. The molecule has 36 heavy (non-hydrogen) atoms. The van der Waals surface area contributed by atoms with Crippen molar-refractivity contribution in [3.63, 3.8) is 0 Å². The van der Waals surface area contributed by atoms with E-state index in [2.05, 4.69) is 10.3 Å². The number of hydrogen-bond donors (Lipinski definition) is 3. The van der Waals surface area contributed by atoms with Gasteiger partial charge in [-0.2, -0.15) is 0 Å². The number of likely N-dealkylation sites (N-methyl/N-ethyl adjacent to an activating group) is 1. The van der Waals surface area contributed by atoms with Crippen molar-refractivity contribution in [3.8, 4) is 11.1 Å². The van der Waals surface area contributed by atoms with Crippen LogP contribution in [0, 0.1) is 13.8 Å². The van der Waals surface area contributed by atoms with Crippen LogP contribution in [-0.2, 0) is 9.59 Å².